The minimum atomic E-state index is 0.638. The highest BCUT2D eigenvalue weighted by molar-refractivity contribution is 7.09. The van der Waals surface area contributed by atoms with Gasteiger partial charge in [-0.3, -0.25) is 0 Å². The Balaban J connectivity index is 1.99. The van der Waals surface area contributed by atoms with Crippen molar-refractivity contribution in [1.82, 2.24) is 19.7 Å². The Morgan fingerprint density at radius 1 is 1.54 bits per heavy atom. The van der Waals surface area contributed by atoms with Crippen LogP contribution in [-0.4, -0.2) is 19.7 Å². The number of nitrogens with zero attached hydrogens (tertiary/aromatic N) is 4. The van der Waals surface area contributed by atoms with Gasteiger partial charge >= 0.3 is 0 Å². The fraction of sp³-hybridized carbons (Fsp3) is 0.125. The Morgan fingerprint density at radius 3 is 3.23 bits per heavy atom. The molecule has 0 saturated carbocycles. The molecule has 0 aliphatic heterocycles. The molecule has 2 aromatic heterocycles. The van der Waals surface area contributed by atoms with Crippen LogP contribution in [0.1, 0.15) is 5.01 Å². The van der Waals surface area contributed by atoms with E-state index >= 15 is 0 Å². The molecular weight excluding hydrogens is 184 g/mol. The van der Waals surface area contributed by atoms with Gasteiger partial charge in [-0.1, -0.05) is 17.3 Å². The van der Waals surface area contributed by atoms with E-state index < -0.39 is 0 Å². The summed E-state index contributed by atoms with van der Waals surface area (Å²) in [5.41, 5.74) is 1.67. The SMILES string of the molecule is C(#Cc1nncs1)Cn1ccnc1. The lowest BCUT2D eigenvalue weighted by atomic mass is 10.5. The fourth-order valence-electron chi connectivity index (χ4n) is 0.814. The molecule has 0 unspecified atom stereocenters. The van der Waals surface area contributed by atoms with Crippen LogP contribution in [0.2, 0.25) is 0 Å². The summed E-state index contributed by atoms with van der Waals surface area (Å²) in [6.45, 7) is 0.638. The van der Waals surface area contributed by atoms with Crippen LogP contribution in [0.25, 0.3) is 0 Å². The zero-order valence-electron chi connectivity index (χ0n) is 6.71. The highest BCUT2D eigenvalue weighted by Gasteiger charge is 1.87. The first-order chi connectivity index (χ1) is 6.45. The molecular formula is C8H6N4S. The first kappa shape index (κ1) is 7.95. The van der Waals surface area contributed by atoms with Crippen molar-refractivity contribution < 1.29 is 0 Å². The molecule has 0 aliphatic carbocycles. The van der Waals surface area contributed by atoms with E-state index in [4.69, 9.17) is 0 Å². The van der Waals surface area contributed by atoms with Crippen molar-refractivity contribution in [2.45, 2.75) is 6.54 Å². The maximum Gasteiger partial charge on any atom is 0.190 e. The summed E-state index contributed by atoms with van der Waals surface area (Å²) in [4.78, 5) is 3.91. The van der Waals surface area contributed by atoms with E-state index in [9.17, 15) is 0 Å². The standard InChI is InChI=1S/C8H6N4S/c1(2-8-11-10-7-13-8)4-12-5-3-9-6-12/h3,5-7H,4H2. The van der Waals surface area contributed by atoms with Gasteiger partial charge in [0.2, 0.25) is 0 Å². The van der Waals surface area contributed by atoms with Gasteiger partial charge in [-0.05, 0) is 5.92 Å². The third kappa shape index (κ3) is 2.13. The van der Waals surface area contributed by atoms with E-state index in [1.807, 2.05) is 10.8 Å². The molecule has 0 aliphatic rings. The van der Waals surface area contributed by atoms with Crippen LogP contribution in [0.5, 0.6) is 0 Å². The van der Waals surface area contributed by atoms with Crippen LogP contribution in [0, 0.1) is 11.8 Å². The summed E-state index contributed by atoms with van der Waals surface area (Å²) in [7, 11) is 0. The fourth-order valence-corrected chi connectivity index (χ4v) is 1.23. The zero-order valence-corrected chi connectivity index (χ0v) is 7.53. The van der Waals surface area contributed by atoms with Gasteiger partial charge in [-0.15, -0.1) is 10.2 Å². The molecule has 64 valence electrons. The van der Waals surface area contributed by atoms with Gasteiger partial charge in [0, 0.05) is 12.4 Å². The van der Waals surface area contributed by atoms with E-state index in [1.165, 1.54) is 11.3 Å². The van der Waals surface area contributed by atoms with Crippen LogP contribution in [0.4, 0.5) is 0 Å². The van der Waals surface area contributed by atoms with Gasteiger partial charge in [0.15, 0.2) is 5.01 Å². The molecule has 0 atom stereocenters. The van der Waals surface area contributed by atoms with Crippen LogP contribution in [-0.2, 0) is 6.54 Å². The molecule has 0 N–H and O–H groups in total. The normalized spacial score (nSPS) is 9.23. The quantitative estimate of drug-likeness (QED) is 0.624. The smallest absolute Gasteiger partial charge is 0.190 e. The molecule has 0 amide bonds. The second-order valence-corrected chi connectivity index (χ2v) is 3.11. The molecule has 2 aromatic rings. The molecule has 0 fully saturated rings. The van der Waals surface area contributed by atoms with E-state index in [-0.39, 0.29) is 0 Å². The largest absolute Gasteiger partial charge is 0.326 e. The highest BCUT2D eigenvalue weighted by Crippen LogP contribution is 1.97. The van der Waals surface area contributed by atoms with Gasteiger partial charge in [-0.2, -0.15) is 0 Å². The second-order valence-electron chi connectivity index (χ2n) is 2.28. The average molecular weight is 190 g/mol. The molecule has 13 heavy (non-hydrogen) atoms. The van der Waals surface area contributed by atoms with Crippen molar-refractivity contribution in [3.63, 3.8) is 0 Å². The van der Waals surface area contributed by atoms with Crippen molar-refractivity contribution in [2.75, 3.05) is 0 Å². The summed E-state index contributed by atoms with van der Waals surface area (Å²) in [6, 6.07) is 0. The van der Waals surface area contributed by atoms with Crippen molar-refractivity contribution in [3.05, 3.63) is 29.2 Å². The van der Waals surface area contributed by atoms with Crippen molar-refractivity contribution >= 4 is 11.3 Å². The Bertz CT molecular complexity index is 407. The monoisotopic (exact) mass is 190 g/mol. The minimum Gasteiger partial charge on any atom is -0.326 e. The Kier molecular flexibility index (Phi) is 2.34. The Hall–Kier alpha value is -1.67. The second kappa shape index (κ2) is 3.83. The van der Waals surface area contributed by atoms with Crippen molar-refractivity contribution in [1.29, 1.82) is 0 Å². The minimum absolute atomic E-state index is 0.638. The third-order valence-electron chi connectivity index (χ3n) is 1.38. The van der Waals surface area contributed by atoms with E-state index in [0.717, 1.165) is 5.01 Å². The third-order valence-corrected chi connectivity index (χ3v) is 1.98. The number of rotatable bonds is 1. The molecule has 0 bridgehead atoms. The molecule has 2 rings (SSSR count). The maximum absolute atomic E-state index is 3.91. The Morgan fingerprint density at radius 2 is 2.54 bits per heavy atom. The van der Waals surface area contributed by atoms with Crippen LogP contribution >= 0.6 is 11.3 Å². The topological polar surface area (TPSA) is 43.6 Å². The van der Waals surface area contributed by atoms with Gasteiger partial charge < -0.3 is 4.57 Å². The van der Waals surface area contributed by atoms with E-state index in [1.54, 1.807) is 18.0 Å². The van der Waals surface area contributed by atoms with Crippen molar-refractivity contribution in [2.24, 2.45) is 0 Å². The first-order valence-corrected chi connectivity index (χ1v) is 4.54. The molecule has 5 heteroatoms. The molecule has 0 saturated heterocycles. The van der Waals surface area contributed by atoms with Crippen LogP contribution in [0.3, 0.4) is 0 Å². The summed E-state index contributed by atoms with van der Waals surface area (Å²) in [5.74, 6) is 5.88. The van der Waals surface area contributed by atoms with Gasteiger partial charge in [0.05, 0.1) is 12.9 Å². The summed E-state index contributed by atoms with van der Waals surface area (Å²) in [5, 5.41) is 8.24. The lowest BCUT2D eigenvalue weighted by molar-refractivity contribution is 0.839. The zero-order chi connectivity index (χ0) is 8.93. The lowest BCUT2D eigenvalue weighted by Gasteiger charge is -1.89. The number of aromatic nitrogens is 4. The lowest BCUT2D eigenvalue weighted by Crippen LogP contribution is -1.89. The summed E-state index contributed by atoms with van der Waals surface area (Å²) in [6.07, 6.45) is 5.33. The van der Waals surface area contributed by atoms with Crippen LogP contribution < -0.4 is 0 Å². The summed E-state index contributed by atoms with van der Waals surface area (Å²) >= 11 is 1.44. The average Bonchev–Trinajstić information content (AvgIpc) is 2.75. The molecule has 0 spiro atoms. The van der Waals surface area contributed by atoms with Gasteiger partial charge in [0.1, 0.15) is 5.51 Å². The molecule has 4 nitrogen and oxygen atoms in total. The van der Waals surface area contributed by atoms with Crippen molar-refractivity contribution in [3.8, 4) is 11.8 Å². The van der Waals surface area contributed by atoms with Crippen LogP contribution in [0.15, 0.2) is 24.2 Å². The molecule has 0 radical (unpaired) electrons. The van der Waals surface area contributed by atoms with Gasteiger partial charge in [0.25, 0.3) is 0 Å². The van der Waals surface area contributed by atoms with E-state index in [2.05, 4.69) is 27.0 Å². The number of hydrogen-bond acceptors (Lipinski definition) is 4. The first-order valence-electron chi connectivity index (χ1n) is 3.66. The maximum atomic E-state index is 3.91. The van der Waals surface area contributed by atoms with Gasteiger partial charge in [-0.25, -0.2) is 4.98 Å². The highest BCUT2D eigenvalue weighted by atomic mass is 32.1. The number of imidazole rings is 1. The molecule has 2 heterocycles. The summed E-state index contributed by atoms with van der Waals surface area (Å²) < 4.78 is 1.90. The number of hydrogen-bond donors (Lipinski definition) is 0. The Labute approximate surface area is 79.3 Å². The van der Waals surface area contributed by atoms with E-state index in [0.29, 0.717) is 6.54 Å². The predicted octanol–water partition coefficient (Wildman–Crippen LogP) is 0.786. The molecule has 0 aromatic carbocycles. The predicted molar refractivity (Wildman–Crippen MR) is 49.0 cm³/mol.